The molecule has 0 aromatic carbocycles. The summed E-state index contributed by atoms with van der Waals surface area (Å²) in [6, 6.07) is 0. The van der Waals surface area contributed by atoms with Gasteiger partial charge in [-0.05, 0) is 24.2 Å². The highest BCUT2D eigenvalue weighted by Crippen LogP contribution is 2.32. The van der Waals surface area contributed by atoms with E-state index in [0.717, 1.165) is 0 Å². The van der Waals surface area contributed by atoms with Crippen molar-refractivity contribution in [1.29, 1.82) is 0 Å². The van der Waals surface area contributed by atoms with E-state index in [4.69, 9.17) is 4.74 Å². The number of unbranched alkanes of at least 4 members (excludes halogenated alkanes) is 1. The van der Waals surface area contributed by atoms with Gasteiger partial charge < -0.3 is 4.74 Å². The Labute approximate surface area is 85.9 Å². The fourth-order valence-electron chi connectivity index (χ4n) is 1.43. The van der Waals surface area contributed by atoms with Gasteiger partial charge in [-0.15, -0.1) is 11.8 Å². The van der Waals surface area contributed by atoms with Gasteiger partial charge in [0.05, 0.1) is 6.26 Å². The van der Waals surface area contributed by atoms with Gasteiger partial charge in [0.1, 0.15) is 5.44 Å². The molecule has 1 aliphatic rings. The number of hydrogen-bond donors (Lipinski definition) is 0. The molecule has 0 aliphatic carbocycles. The van der Waals surface area contributed by atoms with Crippen molar-refractivity contribution < 1.29 is 4.74 Å². The van der Waals surface area contributed by atoms with Crippen LogP contribution in [0.1, 0.15) is 33.6 Å². The number of hydrogen-bond acceptors (Lipinski definition) is 2. The summed E-state index contributed by atoms with van der Waals surface area (Å²) >= 11 is 1.96. The molecule has 0 aromatic rings. The standard InChI is InChI=1S/C11H20OS/c1-4-5-8-13-11-10(9(2)3)6-7-12-11/h6-7,9-11H,4-5,8H2,1-3H3. The van der Waals surface area contributed by atoms with Crippen LogP contribution >= 0.6 is 11.8 Å². The van der Waals surface area contributed by atoms with E-state index in [9.17, 15) is 0 Å². The molecule has 13 heavy (non-hydrogen) atoms. The van der Waals surface area contributed by atoms with Gasteiger partial charge in [-0.1, -0.05) is 27.2 Å². The Bertz CT molecular complexity index is 165. The molecule has 0 radical (unpaired) electrons. The molecule has 0 spiro atoms. The van der Waals surface area contributed by atoms with Gasteiger partial charge in [0.2, 0.25) is 0 Å². The molecule has 2 heteroatoms. The molecule has 0 saturated carbocycles. The maximum atomic E-state index is 5.56. The highest BCUT2D eigenvalue weighted by Gasteiger charge is 2.26. The second-order valence-electron chi connectivity index (χ2n) is 3.88. The van der Waals surface area contributed by atoms with Gasteiger partial charge in [-0.2, -0.15) is 0 Å². The fraction of sp³-hybridized carbons (Fsp3) is 0.818. The van der Waals surface area contributed by atoms with E-state index in [2.05, 4.69) is 26.8 Å². The minimum absolute atomic E-state index is 0.381. The van der Waals surface area contributed by atoms with Crippen molar-refractivity contribution in [3.05, 3.63) is 12.3 Å². The predicted molar refractivity (Wildman–Crippen MR) is 59.7 cm³/mol. The van der Waals surface area contributed by atoms with Crippen molar-refractivity contribution >= 4 is 11.8 Å². The van der Waals surface area contributed by atoms with E-state index < -0.39 is 0 Å². The summed E-state index contributed by atoms with van der Waals surface area (Å²) in [5.74, 6) is 2.53. The Morgan fingerprint density at radius 2 is 2.23 bits per heavy atom. The first kappa shape index (κ1) is 11.0. The molecule has 0 amide bonds. The predicted octanol–water partition coefficient (Wildman–Crippen LogP) is 3.66. The van der Waals surface area contributed by atoms with Gasteiger partial charge in [0, 0.05) is 5.92 Å². The van der Waals surface area contributed by atoms with Crippen molar-refractivity contribution in [3.8, 4) is 0 Å². The van der Waals surface area contributed by atoms with E-state index in [1.807, 2.05) is 18.0 Å². The first-order chi connectivity index (χ1) is 6.25. The second-order valence-corrected chi connectivity index (χ2v) is 5.08. The van der Waals surface area contributed by atoms with E-state index in [1.54, 1.807) is 0 Å². The van der Waals surface area contributed by atoms with Crippen LogP contribution in [0, 0.1) is 11.8 Å². The maximum absolute atomic E-state index is 5.56. The third kappa shape index (κ3) is 3.26. The van der Waals surface area contributed by atoms with Gasteiger partial charge in [0.15, 0.2) is 0 Å². The average Bonchev–Trinajstić information content (AvgIpc) is 2.53. The molecular weight excluding hydrogens is 180 g/mol. The molecule has 1 heterocycles. The van der Waals surface area contributed by atoms with Gasteiger partial charge in [-0.3, -0.25) is 0 Å². The van der Waals surface area contributed by atoms with E-state index in [-0.39, 0.29) is 0 Å². The average molecular weight is 200 g/mol. The Kier molecular flexibility index (Phi) is 4.71. The summed E-state index contributed by atoms with van der Waals surface area (Å²) in [4.78, 5) is 0. The minimum Gasteiger partial charge on any atom is -0.487 e. The van der Waals surface area contributed by atoms with Crippen LogP contribution in [0.2, 0.25) is 0 Å². The molecule has 2 atom stereocenters. The largest absolute Gasteiger partial charge is 0.487 e. The zero-order chi connectivity index (χ0) is 9.68. The monoisotopic (exact) mass is 200 g/mol. The third-order valence-electron chi connectivity index (χ3n) is 2.38. The zero-order valence-corrected chi connectivity index (χ0v) is 9.64. The Hall–Kier alpha value is -0.110. The Balaban J connectivity index is 2.25. The minimum atomic E-state index is 0.381. The van der Waals surface area contributed by atoms with Crippen LogP contribution < -0.4 is 0 Å². The lowest BCUT2D eigenvalue weighted by Crippen LogP contribution is -2.18. The summed E-state index contributed by atoms with van der Waals surface area (Å²) in [6.07, 6.45) is 6.65. The molecular formula is C11H20OS. The van der Waals surface area contributed by atoms with Crippen LogP contribution in [-0.4, -0.2) is 11.2 Å². The van der Waals surface area contributed by atoms with Crippen LogP contribution in [0.15, 0.2) is 12.3 Å². The summed E-state index contributed by atoms with van der Waals surface area (Å²) in [6.45, 7) is 6.75. The fourth-order valence-corrected chi connectivity index (χ4v) is 2.88. The molecule has 1 nitrogen and oxygen atoms in total. The summed E-state index contributed by atoms with van der Waals surface area (Å²) in [5, 5.41) is 0. The molecule has 1 rings (SSSR count). The topological polar surface area (TPSA) is 9.23 Å². The van der Waals surface area contributed by atoms with E-state index in [0.29, 0.717) is 17.3 Å². The first-order valence-corrected chi connectivity index (χ1v) is 6.24. The smallest absolute Gasteiger partial charge is 0.150 e. The zero-order valence-electron chi connectivity index (χ0n) is 8.82. The van der Waals surface area contributed by atoms with Crippen molar-refractivity contribution in [2.45, 2.75) is 39.0 Å². The SMILES string of the molecule is CCCCSC1OC=CC1C(C)C. The summed E-state index contributed by atoms with van der Waals surface area (Å²) in [7, 11) is 0. The molecule has 2 unspecified atom stereocenters. The van der Waals surface area contributed by atoms with E-state index >= 15 is 0 Å². The van der Waals surface area contributed by atoms with E-state index in [1.165, 1.54) is 18.6 Å². The Morgan fingerprint density at radius 3 is 2.85 bits per heavy atom. The van der Waals surface area contributed by atoms with Gasteiger partial charge in [0.25, 0.3) is 0 Å². The summed E-state index contributed by atoms with van der Waals surface area (Å²) < 4.78 is 5.56. The van der Waals surface area contributed by atoms with Crippen LogP contribution in [0.3, 0.4) is 0 Å². The third-order valence-corrected chi connectivity index (χ3v) is 3.66. The normalized spacial score (nSPS) is 26.8. The maximum Gasteiger partial charge on any atom is 0.150 e. The van der Waals surface area contributed by atoms with Crippen LogP contribution in [-0.2, 0) is 4.74 Å². The first-order valence-electron chi connectivity index (χ1n) is 5.19. The quantitative estimate of drug-likeness (QED) is 0.626. The molecule has 0 N–H and O–H groups in total. The molecule has 0 bridgehead atoms. The van der Waals surface area contributed by atoms with Crippen molar-refractivity contribution in [3.63, 3.8) is 0 Å². The number of thioether (sulfide) groups is 1. The lowest BCUT2D eigenvalue weighted by Gasteiger charge is -2.20. The highest BCUT2D eigenvalue weighted by atomic mass is 32.2. The van der Waals surface area contributed by atoms with Crippen molar-refractivity contribution in [1.82, 2.24) is 0 Å². The van der Waals surface area contributed by atoms with Crippen molar-refractivity contribution in [2.75, 3.05) is 5.75 Å². The molecule has 0 fully saturated rings. The highest BCUT2D eigenvalue weighted by molar-refractivity contribution is 7.99. The van der Waals surface area contributed by atoms with Gasteiger partial charge >= 0.3 is 0 Å². The molecule has 76 valence electrons. The Morgan fingerprint density at radius 1 is 1.46 bits per heavy atom. The van der Waals surface area contributed by atoms with Crippen LogP contribution in [0.5, 0.6) is 0 Å². The lowest BCUT2D eigenvalue weighted by molar-refractivity contribution is 0.194. The second kappa shape index (κ2) is 5.58. The lowest BCUT2D eigenvalue weighted by atomic mass is 9.98. The molecule has 0 saturated heterocycles. The van der Waals surface area contributed by atoms with Crippen LogP contribution in [0.25, 0.3) is 0 Å². The van der Waals surface area contributed by atoms with Gasteiger partial charge in [-0.25, -0.2) is 0 Å². The number of ether oxygens (including phenoxy) is 1. The summed E-state index contributed by atoms with van der Waals surface area (Å²) in [5.41, 5.74) is 0.381. The molecule has 0 aromatic heterocycles. The molecule has 1 aliphatic heterocycles. The van der Waals surface area contributed by atoms with Crippen molar-refractivity contribution in [2.24, 2.45) is 11.8 Å². The van der Waals surface area contributed by atoms with Crippen LogP contribution in [0.4, 0.5) is 0 Å². The number of rotatable bonds is 5.